The lowest BCUT2D eigenvalue weighted by atomic mass is 9.93. The summed E-state index contributed by atoms with van der Waals surface area (Å²) in [5.74, 6) is -1.25. The van der Waals surface area contributed by atoms with Gasteiger partial charge in [0.05, 0.1) is 0 Å². The first kappa shape index (κ1) is 29.5. The normalized spacial score (nSPS) is 13.0. The third kappa shape index (κ3) is 5.23. The number of phenols is 2. The molecule has 0 aliphatic rings. The van der Waals surface area contributed by atoms with Crippen LogP contribution in [-0.4, -0.2) is 36.2 Å². The highest BCUT2D eigenvalue weighted by atomic mass is 32.2. The number of aromatic hydroxyl groups is 2. The predicted molar refractivity (Wildman–Crippen MR) is 179 cm³/mol. The number of anilines is 2. The van der Waals surface area contributed by atoms with Crippen molar-refractivity contribution in [2.75, 3.05) is 11.5 Å². The fraction of sp³-hybridized carbons (Fsp3) is 0. The van der Waals surface area contributed by atoms with Crippen molar-refractivity contribution in [3.8, 4) is 44.9 Å². The van der Waals surface area contributed by atoms with Gasteiger partial charge in [0.15, 0.2) is 11.5 Å². The molecule has 0 amide bonds. The molecular formula is C32H24N6O8S2. The zero-order valence-electron chi connectivity index (χ0n) is 26.3. The monoisotopic (exact) mass is 684 g/mol. The van der Waals surface area contributed by atoms with Gasteiger partial charge in [0.1, 0.15) is 21.2 Å². The highest BCUT2D eigenvalue weighted by Gasteiger charge is 2.30. The summed E-state index contributed by atoms with van der Waals surface area (Å²) in [6.45, 7) is 0. The van der Waals surface area contributed by atoms with Gasteiger partial charge in [-0.2, -0.15) is 27.1 Å². The Morgan fingerprint density at radius 3 is 1.19 bits per heavy atom. The van der Waals surface area contributed by atoms with E-state index in [2.05, 4.69) is 21.3 Å². The van der Waals surface area contributed by atoms with Crippen LogP contribution in [0.25, 0.3) is 54.9 Å². The molecule has 6 rings (SSSR count). The van der Waals surface area contributed by atoms with E-state index in [4.69, 9.17) is 14.3 Å². The average Bonchev–Trinajstić information content (AvgIpc) is 3.06. The van der Waals surface area contributed by atoms with Crippen LogP contribution in [0.5, 0.6) is 11.5 Å². The summed E-state index contributed by atoms with van der Waals surface area (Å²) in [6.07, 6.45) is 0. The van der Waals surface area contributed by atoms with Gasteiger partial charge in [0.2, 0.25) is 2.82 Å². The number of nitrogens with zero attached hydrogens (tertiary/aromatic N) is 2. The number of benzene rings is 6. The van der Waals surface area contributed by atoms with Gasteiger partial charge >= 0.3 is 0 Å². The smallest absolute Gasteiger partial charge is 0.297 e. The van der Waals surface area contributed by atoms with E-state index in [1.165, 1.54) is 36.4 Å². The van der Waals surface area contributed by atoms with Crippen molar-refractivity contribution < 1.29 is 39.0 Å². The van der Waals surface area contributed by atoms with Gasteiger partial charge in [-0.15, -0.1) is 0 Å². The highest BCUT2D eigenvalue weighted by molar-refractivity contribution is 7.86. The highest BCUT2D eigenvalue weighted by Crippen LogP contribution is 2.50. The number of nitrogen functional groups attached to an aromatic ring is 2. The van der Waals surface area contributed by atoms with E-state index < -0.39 is 52.9 Å². The zero-order chi connectivity index (χ0) is 36.1. The van der Waals surface area contributed by atoms with E-state index in [1.54, 1.807) is 48.5 Å². The molecule has 0 saturated carbocycles. The largest absolute Gasteiger partial charge is 0.505 e. The topological polar surface area (TPSA) is 274 Å². The maximum atomic E-state index is 12.7. The molecule has 16 heteroatoms. The third-order valence-corrected chi connectivity index (χ3v) is 9.69. The molecule has 14 nitrogen and oxygen atoms in total. The molecule has 0 aromatic heterocycles. The number of hydrogen-bond acceptors (Lipinski definition) is 12. The third-order valence-electron chi connectivity index (χ3n) is 7.87. The lowest BCUT2D eigenvalue weighted by Crippen LogP contribution is -2.03. The second kappa shape index (κ2) is 11.4. The lowest BCUT2D eigenvalue weighted by Gasteiger charge is -2.17. The Balaban J connectivity index is 1.52. The summed E-state index contributed by atoms with van der Waals surface area (Å²) < 4.78 is 85.4. The van der Waals surface area contributed by atoms with Crippen LogP contribution in [0.3, 0.4) is 0 Å². The summed E-state index contributed by atoms with van der Waals surface area (Å²) in [7, 11) is -10.1. The van der Waals surface area contributed by atoms with E-state index in [0.717, 1.165) is 0 Å². The Morgan fingerprint density at radius 1 is 0.542 bits per heavy atom. The molecule has 0 aliphatic heterocycles. The molecule has 0 saturated heterocycles. The molecule has 6 aromatic carbocycles. The first-order chi connectivity index (χ1) is 23.6. The molecule has 0 fully saturated rings. The Labute approximate surface area is 275 Å². The average molecular weight is 685 g/mol. The number of nitrogens with one attached hydrogen (secondary N) is 2. The van der Waals surface area contributed by atoms with Crippen LogP contribution in [0.15, 0.2) is 105 Å². The maximum Gasteiger partial charge on any atom is 0.297 e. The second-order valence-electron chi connectivity index (χ2n) is 10.7. The molecule has 10 N–H and O–H groups in total. The van der Waals surface area contributed by atoms with Gasteiger partial charge < -0.3 is 21.7 Å². The van der Waals surface area contributed by atoms with Crippen LogP contribution in [0.1, 0.15) is 0 Å². The van der Waals surface area contributed by atoms with Crippen molar-refractivity contribution in [3.05, 3.63) is 84.9 Å². The number of fused-ring (bicyclic) bond motifs is 2. The molecule has 0 aliphatic carbocycles. The molecule has 48 heavy (non-hydrogen) atoms. The fourth-order valence-electron chi connectivity index (χ4n) is 5.82. The standard InChI is InChI=1S/C32H24N6O8S2/c33-19-9-11-21-23(13-19)25(31(47(41,42)43)27(37-35)29(21)39)17-5-1-15(2-6-17)16-3-7-18(8-4-16)26-24-14-20(34)10-12-22(24)30(40)28(38-36)32(26)48(44,45)46/h1-14,35-36,39-40H,33-34H2,(H,41,42,43)(H,44,45,46)/b37-35+,38-36+. The lowest BCUT2D eigenvalue weighted by molar-refractivity contribution is 0.472. The number of rotatable bonds is 7. The van der Waals surface area contributed by atoms with Crippen LogP contribution >= 0.6 is 0 Å². The zero-order valence-corrected chi connectivity index (χ0v) is 25.9. The number of nitrogens with two attached hydrogens (primary N) is 2. The molecule has 0 radical (unpaired) electrons. The summed E-state index contributed by atoms with van der Waals surface area (Å²) in [6, 6.07) is 21.5. The van der Waals surface area contributed by atoms with E-state index in [1.807, 2.05) is 0 Å². The number of hydrogen-bond donors (Lipinski definition) is 8. The van der Waals surface area contributed by atoms with Crippen molar-refractivity contribution in [1.29, 1.82) is 11.0 Å². The van der Waals surface area contributed by atoms with Crippen molar-refractivity contribution >= 4 is 64.5 Å². The first-order valence-electron chi connectivity index (χ1n) is 14.6. The second-order valence-corrected chi connectivity index (χ2v) is 13.4. The first-order valence-corrected chi connectivity index (χ1v) is 16.6. The quantitative estimate of drug-likeness (QED) is 0.0469. The maximum absolute atomic E-state index is 12.7. The van der Waals surface area contributed by atoms with Gasteiger partial charge in [-0.1, -0.05) is 48.5 Å². The fourth-order valence-corrected chi connectivity index (χ4v) is 7.56. The SMILES string of the molecule is [H]/N=N/c1c(S(=O)(=O)O)c(-c2ccc(-c3ccc(-c4c(S(=O)(=O)O)c(/N=N/[H])c(O)c5ccc(N)cc45)cc3)cc2)c2cc(N)ccc2c1O. The van der Waals surface area contributed by atoms with E-state index >= 15 is 0 Å². The molecule has 0 heterocycles. The minimum Gasteiger partial charge on any atom is -0.505 e. The molecular weight excluding hydrogens is 661 g/mol. The van der Waals surface area contributed by atoms with Gasteiger partial charge in [-0.3, -0.25) is 9.11 Å². The van der Waals surface area contributed by atoms with E-state index in [0.29, 0.717) is 11.1 Å². The van der Waals surface area contributed by atoms with Crippen molar-refractivity contribution in [3.63, 3.8) is 0 Å². The van der Waals surface area contributed by atoms with Gasteiger partial charge in [0.25, 0.3) is 20.2 Å². The Bertz CT molecular complexity index is 2470. The summed E-state index contributed by atoms with van der Waals surface area (Å²) in [5.41, 5.74) is 18.6. The minimum atomic E-state index is -5.04. The van der Waals surface area contributed by atoms with Crippen molar-refractivity contribution in [2.24, 2.45) is 10.2 Å². The Morgan fingerprint density at radius 2 is 0.875 bits per heavy atom. The summed E-state index contributed by atoms with van der Waals surface area (Å²) >= 11 is 0. The molecule has 0 atom stereocenters. The Hall–Kier alpha value is -5.94. The van der Waals surface area contributed by atoms with E-state index in [-0.39, 0.29) is 55.2 Å². The minimum absolute atomic E-state index is 0.0475. The molecule has 0 unspecified atom stereocenters. The van der Waals surface area contributed by atoms with Gasteiger partial charge in [0, 0.05) is 33.3 Å². The predicted octanol–water partition coefficient (Wildman–Crippen LogP) is 7.39. The Kier molecular flexibility index (Phi) is 6.99. The van der Waals surface area contributed by atoms with Crippen LogP contribution in [-0.2, 0) is 20.2 Å². The van der Waals surface area contributed by atoms with Crippen LogP contribution in [0, 0.1) is 11.0 Å². The van der Waals surface area contributed by atoms with Crippen molar-refractivity contribution in [1.82, 2.24) is 0 Å². The molecule has 242 valence electrons. The van der Waals surface area contributed by atoms with Crippen LogP contribution in [0.2, 0.25) is 2.82 Å². The molecule has 0 bridgehead atoms. The van der Waals surface area contributed by atoms with Gasteiger partial charge in [-0.25, -0.2) is 11.0 Å². The molecule has 0 spiro atoms. The van der Waals surface area contributed by atoms with E-state index in [9.17, 15) is 36.2 Å². The summed E-state index contributed by atoms with van der Waals surface area (Å²) in [5, 5.41) is 29.3. The molecule has 6 aromatic rings. The van der Waals surface area contributed by atoms with Crippen LogP contribution in [0.4, 0.5) is 22.7 Å². The van der Waals surface area contributed by atoms with Crippen LogP contribution < -0.4 is 11.5 Å². The number of phenolic OH excluding ortho intramolecular Hbond substituents is 2. The summed E-state index contributed by atoms with van der Waals surface area (Å²) in [4.78, 5) is -1.55. The van der Waals surface area contributed by atoms with Crippen molar-refractivity contribution in [2.45, 2.75) is 9.79 Å². The van der Waals surface area contributed by atoms with Gasteiger partial charge in [-0.05, 0) is 69.4 Å².